The van der Waals surface area contributed by atoms with Gasteiger partial charge in [0.2, 0.25) is 0 Å². The van der Waals surface area contributed by atoms with Gasteiger partial charge in [-0.25, -0.2) is 0 Å². The lowest BCUT2D eigenvalue weighted by molar-refractivity contribution is 0.00989. The molecule has 0 aromatic carbocycles. The Balaban J connectivity index is 0.00000338. The van der Waals surface area contributed by atoms with Gasteiger partial charge in [0, 0.05) is 53.6 Å². The Hall–Kier alpha value is -0.120. The predicted molar refractivity (Wildman–Crippen MR) is 119 cm³/mol. The second kappa shape index (κ2) is 14.0. The highest BCUT2D eigenvalue weighted by Gasteiger charge is 2.22. The van der Waals surface area contributed by atoms with Crippen LogP contribution in [0, 0.1) is 5.92 Å². The van der Waals surface area contributed by atoms with Crippen molar-refractivity contribution < 1.29 is 9.47 Å². The van der Waals surface area contributed by atoms with Crippen molar-refractivity contribution >= 4 is 29.9 Å². The topological polar surface area (TPSA) is 49.3 Å². The second-order valence-corrected chi connectivity index (χ2v) is 7.40. The fourth-order valence-corrected chi connectivity index (χ4v) is 3.63. The van der Waals surface area contributed by atoms with Crippen molar-refractivity contribution in [3.63, 3.8) is 0 Å². The first-order valence-electron chi connectivity index (χ1n) is 10.0. The number of ether oxygens (including phenoxy) is 2. The number of hydrogen-bond donors (Lipinski definition) is 1. The highest BCUT2D eigenvalue weighted by atomic mass is 127. The van der Waals surface area contributed by atoms with E-state index >= 15 is 0 Å². The normalized spacial score (nSPS) is 20.9. The van der Waals surface area contributed by atoms with Crippen molar-refractivity contribution in [2.75, 3.05) is 66.6 Å². The number of halogens is 1. The first-order chi connectivity index (χ1) is 12.2. The highest BCUT2D eigenvalue weighted by Crippen LogP contribution is 2.16. The van der Waals surface area contributed by atoms with Gasteiger partial charge in [0.05, 0.1) is 6.10 Å². The van der Waals surface area contributed by atoms with Gasteiger partial charge in [0.1, 0.15) is 0 Å². The van der Waals surface area contributed by atoms with E-state index in [1.807, 2.05) is 7.05 Å². The number of rotatable bonds is 8. The van der Waals surface area contributed by atoms with E-state index in [0.717, 1.165) is 70.5 Å². The van der Waals surface area contributed by atoms with Crippen LogP contribution in [0.1, 0.15) is 39.0 Å². The van der Waals surface area contributed by atoms with E-state index in [9.17, 15) is 0 Å². The number of guanidine groups is 1. The standard InChI is InChI=1S/C19H38N4O2.HI/c1-17-5-10-22(11-6-17)14-9-21-19(20-2)23-12-7-18(8-13-23)25-16-4-15-24-3;/h17-18H,4-16H2,1-3H3,(H,20,21);1H. The summed E-state index contributed by atoms with van der Waals surface area (Å²) in [5, 5.41) is 3.55. The van der Waals surface area contributed by atoms with E-state index in [1.54, 1.807) is 7.11 Å². The summed E-state index contributed by atoms with van der Waals surface area (Å²) in [7, 11) is 3.63. The first kappa shape index (κ1) is 23.9. The molecule has 2 heterocycles. The Bertz CT molecular complexity index is 382. The van der Waals surface area contributed by atoms with Crippen LogP contribution in [0.15, 0.2) is 4.99 Å². The summed E-state index contributed by atoms with van der Waals surface area (Å²) in [5.41, 5.74) is 0. The fraction of sp³-hybridized carbons (Fsp3) is 0.947. The highest BCUT2D eigenvalue weighted by molar-refractivity contribution is 14.0. The van der Waals surface area contributed by atoms with Crippen LogP contribution in [0.4, 0.5) is 0 Å². The summed E-state index contributed by atoms with van der Waals surface area (Å²) >= 11 is 0. The number of methoxy groups -OCH3 is 1. The molecule has 7 heteroatoms. The molecule has 0 aromatic rings. The van der Waals surface area contributed by atoms with E-state index < -0.39 is 0 Å². The summed E-state index contributed by atoms with van der Waals surface area (Å²) in [4.78, 5) is 9.41. The van der Waals surface area contributed by atoms with E-state index in [1.165, 1.54) is 25.9 Å². The van der Waals surface area contributed by atoms with E-state index in [4.69, 9.17) is 9.47 Å². The van der Waals surface area contributed by atoms with E-state index in [2.05, 4.69) is 27.0 Å². The Morgan fingerprint density at radius 2 is 1.77 bits per heavy atom. The van der Waals surface area contributed by atoms with E-state index in [-0.39, 0.29) is 24.0 Å². The van der Waals surface area contributed by atoms with Crippen LogP contribution in [0.5, 0.6) is 0 Å². The molecule has 0 bridgehead atoms. The van der Waals surface area contributed by atoms with Gasteiger partial charge in [0.15, 0.2) is 5.96 Å². The molecule has 2 saturated heterocycles. The predicted octanol–water partition coefficient (Wildman–Crippen LogP) is 2.43. The monoisotopic (exact) mass is 482 g/mol. The summed E-state index contributed by atoms with van der Waals surface area (Å²) in [6, 6.07) is 0. The van der Waals surface area contributed by atoms with Gasteiger partial charge in [-0.1, -0.05) is 6.92 Å². The lowest BCUT2D eigenvalue weighted by Crippen LogP contribution is -2.49. The van der Waals surface area contributed by atoms with Crippen LogP contribution in [-0.2, 0) is 9.47 Å². The number of likely N-dealkylation sites (tertiary alicyclic amines) is 2. The van der Waals surface area contributed by atoms with Crippen molar-refractivity contribution in [1.82, 2.24) is 15.1 Å². The minimum absolute atomic E-state index is 0. The van der Waals surface area contributed by atoms with Crippen LogP contribution in [-0.4, -0.2) is 88.5 Å². The molecule has 0 spiro atoms. The fourth-order valence-electron chi connectivity index (χ4n) is 3.63. The quantitative estimate of drug-likeness (QED) is 0.249. The molecule has 0 radical (unpaired) electrons. The number of piperidine rings is 2. The Morgan fingerprint density at radius 1 is 1.08 bits per heavy atom. The number of aliphatic imine (C=N–C) groups is 1. The summed E-state index contributed by atoms with van der Waals surface area (Å²) in [6.45, 7) is 10.6. The van der Waals surface area contributed by atoms with Crippen LogP contribution >= 0.6 is 24.0 Å². The van der Waals surface area contributed by atoms with Crippen LogP contribution < -0.4 is 5.32 Å². The van der Waals surface area contributed by atoms with Gasteiger partial charge in [-0.15, -0.1) is 24.0 Å². The maximum absolute atomic E-state index is 5.94. The molecule has 2 aliphatic heterocycles. The third-order valence-electron chi connectivity index (χ3n) is 5.39. The van der Waals surface area contributed by atoms with Crippen molar-refractivity contribution in [2.45, 2.75) is 45.1 Å². The molecule has 2 rings (SSSR count). The Morgan fingerprint density at radius 3 is 2.38 bits per heavy atom. The van der Waals surface area contributed by atoms with E-state index in [0.29, 0.717) is 6.10 Å². The first-order valence-corrected chi connectivity index (χ1v) is 10.0. The average Bonchev–Trinajstić information content (AvgIpc) is 2.65. The van der Waals surface area contributed by atoms with Gasteiger partial charge in [-0.2, -0.15) is 0 Å². The Labute approximate surface area is 177 Å². The maximum Gasteiger partial charge on any atom is 0.193 e. The molecule has 0 amide bonds. The summed E-state index contributed by atoms with van der Waals surface area (Å²) in [6.07, 6.45) is 6.21. The van der Waals surface area contributed by atoms with Crippen molar-refractivity contribution in [3.05, 3.63) is 0 Å². The molecule has 154 valence electrons. The molecular weight excluding hydrogens is 443 g/mol. The number of nitrogens with one attached hydrogen (secondary N) is 1. The third kappa shape index (κ3) is 8.71. The zero-order valence-corrected chi connectivity index (χ0v) is 19.2. The smallest absolute Gasteiger partial charge is 0.193 e. The molecule has 1 N–H and O–H groups in total. The van der Waals surface area contributed by atoms with Gasteiger partial charge < -0.3 is 24.6 Å². The van der Waals surface area contributed by atoms with Crippen molar-refractivity contribution in [1.29, 1.82) is 0 Å². The molecule has 0 unspecified atom stereocenters. The van der Waals surface area contributed by atoms with Gasteiger partial charge in [-0.05, 0) is 51.1 Å². The minimum Gasteiger partial charge on any atom is -0.385 e. The van der Waals surface area contributed by atoms with Crippen LogP contribution in [0.3, 0.4) is 0 Å². The molecular formula is C19H39IN4O2. The largest absolute Gasteiger partial charge is 0.385 e. The van der Waals surface area contributed by atoms with Crippen LogP contribution in [0.25, 0.3) is 0 Å². The SMILES string of the molecule is CN=C(NCCN1CCC(C)CC1)N1CCC(OCCCOC)CC1.I. The third-order valence-corrected chi connectivity index (χ3v) is 5.39. The average molecular weight is 482 g/mol. The molecule has 0 aromatic heterocycles. The molecule has 6 nitrogen and oxygen atoms in total. The lowest BCUT2D eigenvalue weighted by atomic mass is 9.99. The zero-order chi connectivity index (χ0) is 17.9. The van der Waals surface area contributed by atoms with Gasteiger partial charge in [-0.3, -0.25) is 4.99 Å². The molecule has 0 saturated carbocycles. The number of hydrogen-bond acceptors (Lipinski definition) is 4. The summed E-state index contributed by atoms with van der Waals surface area (Å²) < 4.78 is 11.0. The van der Waals surface area contributed by atoms with Gasteiger partial charge in [0.25, 0.3) is 0 Å². The zero-order valence-electron chi connectivity index (χ0n) is 16.9. The van der Waals surface area contributed by atoms with Gasteiger partial charge >= 0.3 is 0 Å². The number of nitrogens with zero attached hydrogens (tertiary/aromatic N) is 3. The molecule has 0 atom stereocenters. The molecule has 2 fully saturated rings. The second-order valence-electron chi connectivity index (χ2n) is 7.40. The Kier molecular flexibility index (Phi) is 12.8. The minimum atomic E-state index is 0. The molecule has 26 heavy (non-hydrogen) atoms. The summed E-state index contributed by atoms with van der Waals surface area (Å²) in [5.74, 6) is 1.94. The lowest BCUT2D eigenvalue weighted by Gasteiger charge is -2.35. The van der Waals surface area contributed by atoms with Crippen molar-refractivity contribution in [3.8, 4) is 0 Å². The van der Waals surface area contributed by atoms with Crippen LogP contribution in [0.2, 0.25) is 0 Å². The molecule has 2 aliphatic rings. The maximum atomic E-state index is 5.94. The van der Waals surface area contributed by atoms with Crippen molar-refractivity contribution in [2.24, 2.45) is 10.9 Å². The molecule has 0 aliphatic carbocycles.